The van der Waals surface area contributed by atoms with Gasteiger partial charge in [-0.1, -0.05) is 12.1 Å². The standard InChI is InChI=1S/C24H27N5O3S/c1-3-32-23-14-25-13-21(27-23)16-4-6-17(7-5-16)24(30)28-22(15-31-2)20-12-18(10-11-26-20)29-33-19-8-9-19/h4-7,10-14,19,22H,3,8-9,15H2,1-2H3,(H,26,29)(H,28,30)/t22-/m0/s1. The number of hydrogen-bond donors (Lipinski definition) is 2. The molecule has 1 saturated carbocycles. The number of rotatable bonds is 11. The highest BCUT2D eigenvalue weighted by molar-refractivity contribution is 8.01. The number of carbonyl (C=O) groups excluding carboxylic acids is 1. The Bertz CT molecular complexity index is 1080. The van der Waals surface area contributed by atoms with Crippen molar-refractivity contribution in [3.8, 4) is 17.1 Å². The molecule has 3 aromatic rings. The molecule has 4 rings (SSSR count). The van der Waals surface area contributed by atoms with E-state index in [4.69, 9.17) is 9.47 Å². The van der Waals surface area contributed by atoms with Gasteiger partial charge in [0.15, 0.2) is 0 Å². The second-order valence-corrected chi connectivity index (χ2v) is 8.73. The SMILES string of the molecule is CCOc1cncc(-c2ccc(C(=O)N[C@@H](COC)c3cc(NSC4CC4)ccn3)cc2)n1. The smallest absolute Gasteiger partial charge is 0.251 e. The molecular weight excluding hydrogens is 438 g/mol. The summed E-state index contributed by atoms with van der Waals surface area (Å²) in [6, 6.07) is 10.7. The van der Waals surface area contributed by atoms with Gasteiger partial charge in [0.05, 0.1) is 43.0 Å². The van der Waals surface area contributed by atoms with Gasteiger partial charge < -0.3 is 19.5 Å². The fourth-order valence-corrected chi connectivity index (χ4v) is 3.95. The van der Waals surface area contributed by atoms with Gasteiger partial charge in [-0.25, -0.2) is 4.98 Å². The lowest BCUT2D eigenvalue weighted by molar-refractivity contribution is 0.0894. The van der Waals surface area contributed by atoms with Gasteiger partial charge in [-0.05, 0) is 56.0 Å². The monoisotopic (exact) mass is 465 g/mol. The Kier molecular flexibility index (Phi) is 7.74. The number of pyridine rings is 1. The van der Waals surface area contributed by atoms with Gasteiger partial charge in [0.2, 0.25) is 5.88 Å². The Hall–Kier alpha value is -3.17. The summed E-state index contributed by atoms with van der Waals surface area (Å²) in [5.74, 6) is 0.268. The lowest BCUT2D eigenvalue weighted by Gasteiger charge is -2.18. The van der Waals surface area contributed by atoms with E-state index in [1.165, 1.54) is 12.8 Å². The molecular formula is C24H27N5O3S. The van der Waals surface area contributed by atoms with Crippen molar-refractivity contribution in [3.63, 3.8) is 0 Å². The summed E-state index contributed by atoms with van der Waals surface area (Å²) in [7, 11) is 1.61. The minimum atomic E-state index is -0.372. The van der Waals surface area contributed by atoms with Crippen molar-refractivity contribution in [2.75, 3.05) is 25.0 Å². The van der Waals surface area contributed by atoms with Crippen molar-refractivity contribution in [1.29, 1.82) is 0 Å². The van der Waals surface area contributed by atoms with Crippen LogP contribution in [0.25, 0.3) is 11.3 Å². The van der Waals surface area contributed by atoms with E-state index >= 15 is 0 Å². The molecule has 1 aromatic carbocycles. The van der Waals surface area contributed by atoms with Gasteiger partial charge in [-0.3, -0.25) is 14.8 Å². The Labute approximate surface area is 197 Å². The maximum Gasteiger partial charge on any atom is 0.251 e. The second-order valence-electron chi connectivity index (χ2n) is 7.62. The highest BCUT2D eigenvalue weighted by Gasteiger charge is 2.22. The molecule has 1 aliphatic rings. The molecule has 1 amide bonds. The van der Waals surface area contributed by atoms with Gasteiger partial charge in [0.1, 0.15) is 0 Å². The van der Waals surface area contributed by atoms with Crippen LogP contribution in [-0.4, -0.2) is 46.4 Å². The number of carbonyl (C=O) groups is 1. The molecule has 0 bridgehead atoms. The van der Waals surface area contributed by atoms with E-state index < -0.39 is 0 Å². The van der Waals surface area contributed by atoms with Crippen molar-refractivity contribution in [3.05, 3.63) is 66.2 Å². The number of aromatic nitrogens is 3. The fraction of sp³-hybridized carbons (Fsp3) is 0.333. The van der Waals surface area contributed by atoms with E-state index in [9.17, 15) is 4.79 Å². The van der Waals surface area contributed by atoms with Crippen molar-refractivity contribution in [2.45, 2.75) is 31.1 Å². The molecule has 0 aliphatic heterocycles. The maximum atomic E-state index is 12.9. The van der Waals surface area contributed by atoms with Crippen LogP contribution < -0.4 is 14.8 Å². The molecule has 172 valence electrons. The summed E-state index contributed by atoms with van der Waals surface area (Å²) < 4.78 is 14.1. The highest BCUT2D eigenvalue weighted by atomic mass is 32.2. The third kappa shape index (κ3) is 6.43. The zero-order valence-corrected chi connectivity index (χ0v) is 19.5. The van der Waals surface area contributed by atoms with Crippen molar-refractivity contribution >= 4 is 23.5 Å². The molecule has 0 unspecified atom stereocenters. The third-order valence-electron chi connectivity index (χ3n) is 4.99. The summed E-state index contributed by atoms with van der Waals surface area (Å²) in [5, 5.41) is 3.72. The molecule has 1 aliphatic carbocycles. The van der Waals surface area contributed by atoms with Crippen LogP contribution in [0.2, 0.25) is 0 Å². The van der Waals surface area contributed by atoms with Crippen LogP contribution in [0.3, 0.4) is 0 Å². The molecule has 1 atom stereocenters. The maximum absolute atomic E-state index is 12.9. The van der Waals surface area contributed by atoms with Gasteiger partial charge >= 0.3 is 0 Å². The molecule has 0 spiro atoms. The minimum absolute atomic E-state index is 0.203. The molecule has 0 radical (unpaired) electrons. The number of nitrogens with one attached hydrogen (secondary N) is 2. The molecule has 2 N–H and O–H groups in total. The number of nitrogens with zero attached hydrogens (tertiary/aromatic N) is 3. The summed E-state index contributed by atoms with van der Waals surface area (Å²) >= 11 is 1.73. The number of anilines is 1. The Morgan fingerprint density at radius 3 is 2.76 bits per heavy atom. The molecule has 33 heavy (non-hydrogen) atoms. The van der Waals surface area contributed by atoms with Crippen LogP contribution in [0.1, 0.15) is 41.9 Å². The number of ether oxygens (including phenoxy) is 2. The van der Waals surface area contributed by atoms with Crippen LogP contribution in [-0.2, 0) is 4.74 Å². The molecule has 0 saturated heterocycles. The summed E-state index contributed by atoms with van der Waals surface area (Å²) in [5.41, 5.74) is 3.77. The molecule has 9 heteroatoms. The number of benzene rings is 1. The van der Waals surface area contributed by atoms with E-state index in [-0.39, 0.29) is 11.9 Å². The van der Waals surface area contributed by atoms with E-state index in [1.54, 1.807) is 49.8 Å². The summed E-state index contributed by atoms with van der Waals surface area (Å²) in [4.78, 5) is 26.0. The van der Waals surface area contributed by atoms with E-state index in [0.717, 1.165) is 16.9 Å². The van der Waals surface area contributed by atoms with Crippen LogP contribution in [0.5, 0.6) is 5.88 Å². The topological polar surface area (TPSA) is 98.3 Å². The number of hydrogen-bond acceptors (Lipinski definition) is 8. The van der Waals surface area contributed by atoms with Crippen LogP contribution in [0.4, 0.5) is 5.69 Å². The third-order valence-corrected chi connectivity index (χ3v) is 6.15. The number of amides is 1. The van der Waals surface area contributed by atoms with Gasteiger partial charge in [0, 0.05) is 35.4 Å². The molecule has 8 nitrogen and oxygen atoms in total. The van der Waals surface area contributed by atoms with Crippen molar-refractivity contribution in [1.82, 2.24) is 20.3 Å². The number of methoxy groups -OCH3 is 1. The normalized spacial score (nSPS) is 13.9. The van der Waals surface area contributed by atoms with Crippen LogP contribution >= 0.6 is 11.9 Å². The summed E-state index contributed by atoms with van der Waals surface area (Å²) in [6.45, 7) is 2.73. The molecule has 1 fully saturated rings. The molecule has 2 aromatic heterocycles. The first-order chi connectivity index (χ1) is 16.2. The average Bonchev–Trinajstić information content (AvgIpc) is 3.68. The summed E-state index contributed by atoms with van der Waals surface area (Å²) in [6.07, 6.45) is 7.49. The van der Waals surface area contributed by atoms with Crippen molar-refractivity contribution < 1.29 is 14.3 Å². The van der Waals surface area contributed by atoms with Gasteiger partial charge in [-0.2, -0.15) is 0 Å². The highest BCUT2D eigenvalue weighted by Crippen LogP contribution is 2.34. The predicted octanol–water partition coefficient (Wildman–Crippen LogP) is 4.28. The Morgan fingerprint density at radius 2 is 2.03 bits per heavy atom. The quantitative estimate of drug-likeness (QED) is 0.405. The fourth-order valence-electron chi connectivity index (χ4n) is 3.15. The van der Waals surface area contributed by atoms with E-state index in [1.807, 2.05) is 31.2 Å². The minimum Gasteiger partial charge on any atom is -0.477 e. The van der Waals surface area contributed by atoms with Crippen molar-refractivity contribution in [2.24, 2.45) is 0 Å². The lowest BCUT2D eigenvalue weighted by atomic mass is 10.1. The van der Waals surface area contributed by atoms with Crippen LogP contribution in [0, 0.1) is 0 Å². The predicted molar refractivity (Wildman–Crippen MR) is 129 cm³/mol. The van der Waals surface area contributed by atoms with Crippen LogP contribution in [0.15, 0.2) is 55.0 Å². The lowest BCUT2D eigenvalue weighted by Crippen LogP contribution is -2.32. The second kappa shape index (κ2) is 11.1. The first-order valence-corrected chi connectivity index (χ1v) is 11.8. The first-order valence-electron chi connectivity index (χ1n) is 10.9. The Balaban J connectivity index is 1.44. The first kappa shape index (κ1) is 23.0. The zero-order valence-electron chi connectivity index (χ0n) is 18.7. The Morgan fingerprint density at radius 1 is 1.21 bits per heavy atom. The van der Waals surface area contributed by atoms with Gasteiger partial charge in [0.25, 0.3) is 5.91 Å². The average molecular weight is 466 g/mol. The van der Waals surface area contributed by atoms with E-state index in [0.29, 0.717) is 35.6 Å². The largest absolute Gasteiger partial charge is 0.477 e. The molecule has 2 heterocycles. The van der Waals surface area contributed by atoms with E-state index in [2.05, 4.69) is 25.0 Å². The van der Waals surface area contributed by atoms with Gasteiger partial charge in [-0.15, -0.1) is 0 Å². The zero-order chi connectivity index (χ0) is 23.0.